The summed E-state index contributed by atoms with van der Waals surface area (Å²) in [4.78, 5) is 36.5. The number of benzene rings is 2. The Morgan fingerprint density at radius 3 is 2.26 bits per heavy atom. The van der Waals surface area contributed by atoms with E-state index in [9.17, 15) is 14.4 Å². The Labute approximate surface area is 205 Å². The Morgan fingerprint density at radius 2 is 1.66 bits per heavy atom. The summed E-state index contributed by atoms with van der Waals surface area (Å²) in [6.07, 6.45) is 4.10. The number of carbonyl (C=O) groups is 3. The third-order valence-corrected chi connectivity index (χ3v) is 6.87. The molecule has 4 rings (SSSR count). The van der Waals surface area contributed by atoms with Gasteiger partial charge in [0.15, 0.2) is 0 Å². The molecule has 184 valence electrons. The average molecular weight is 477 g/mol. The maximum absolute atomic E-state index is 12.8. The fourth-order valence-electron chi connectivity index (χ4n) is 4.94. The minimum atomic E-state index is -0.942. The number of alkyl carbamates (subject to hydrolysis) is 1. The van der Waals surface area contributed by atoms with Crippen molar-refractivity contribution in [1.82, 2.24) is 10.6 Å². The van der Waals surface area contributed by atoms with E-state index in [0.717, 1.165) is 11.1 Å². The topological polar surface area (TPSA) is 105 Å². The van der Waals surface area contributed by atoms with Crippen molar-refractivity contribution in [3.63, 3.8) is 0 Å². The molecule has 2 aromatic rings. The molecule has 0 bridgehead atoms. The highest BCUT2D eigenvalue weighted by Crippen LogP contribution is 2.44. The van der Waals surface area contributed by atoms with Gasteiger partial charge in [0.05, 0.1) is 12.5 Å². The van der Waals surface area contributed by atoms with Gasteiger partial charge in [0.25, 0.3) is 0 Å². The van der Waals surface area contributed by atoms with E-state index in [0.29, 0.717) is 12.8 Å². The molecule has 0 radical (unpaired) electrons. The predicted molar refractivity (Wildman–Crippen MR) is 133 cm³/mol. The number of carbonyl (C=O) groups excluding carboxylic acids is 2. The molecule has 7 nitrogen and oxygen atoms in total. The molecule has 0 saturated heterocycles. The summed E-state index contributed by atoms with van der Waals surface area (Å²) in [5, 5.41) is 14.8. The first-order chi connectivity index (χ1) is 16.8. The van der Waals surface area contributed by atoms with Gasteiger partial charge in [-0.25, -0.2) is 4.79 Å². The van der Waals surface area contributed by atoms with Crippen LogP contribution in [-0.4, -0.2) is 41.8 Å². The van der Waals surface area contributed by atoms with Gasteiger partial charge in [-0.05, 0) is 41.0 Å². The molecule has 2 aromatic carbocycles. The number of hydrogen-bond acceptors (Lipinski definition) is 4. The molecule has 35 heavy (non-hydrogen) atoms. The van der Waals surface area contributed by atoms with Crippen molar-refractivity contribution in [1.29, 1.82) is 0 Å². The maximum atomic E-state index is 12.8. The van der Waals surface area contributed by atoms with Crippen LogP contribution in [0.3, 0.4) is 0 Å². The van der Waals surface area contributed by atoms with Crippen molar-refractivity contribution in [3.05, 3.63) is 71.8 Å². The Morgan fingerprint density at radius 1 is 1.03 bits per heavy atom. The molecule has 2 aliphatic rings. The van der Waals surface area contributed by atoms with Crippen LogP contribution in [0.4, 0.5) is 4.79 Å². The molecule has 0 fully saturated rings. The molecular weight excluding hydrogens is 444 g/mol. The monoisotopic (exact) mass is 476 g/mol. The molecule has 2 unspecified atom stereocenters. The zero-order valence-corrected chi connectivity index (χ0v) is 20.1. The van der Waals surface area contributed by atoms with Crippen molar-refractivity contribution in [2.24, 2.45) is 11.8 Å². The van der Waals surface area contributed by atoms with Crippen LogP contribution in [0.25, 0.3) is 11.1 Å². The highest BCUT2D eigenvalue weighted by molar-refractivity contribution is 5.81. The Balaban J connectivity index is 1.32. The number of allylic oxidation sites excluding steroid dienone is 1. The smallest absolute Gasteiger partial charge is 0.407 e. The first kappa shape index (κ1) is 24.5. The molecule has 0 saturated carbocycles. The lowest BCUT2D eigenvalue weighted by Gasteiger charge is -2.28. The van der Waals surface area contributed by atoms with Crippen molar-refractivity contribution in [2.75, 3.05) is 6.61 Å². The van der Waals surface area contributed by atoms with Gasteiger partial charge in [-0.3, -0.25) is 9.59 Å². The van der Waals surface area contributed by atoms with E-state index in [2.05, 4.69) is 34.9 Å². The van der Waals surface area contributed by atoms with Gasteiger partial charge < -0.3 is 20.5 Å². The molecule has 0 aromatic heterocycles. The number of carboxylic acid groups (broad SMARTS) is 1. The van der Waals surface area contributed by atoms with Crippen LogP contribution < -0.4 is 10.6 Å². The second kappa shape index (κ2) is 10.8. The normalized spacial score (nSPS) is 19.5. The van der Waals surface area contributed by atoms with Crippen LogP contribution in [0.5, 0.6) is 0 Å². The highest BCUT2D eigenvalue weighted by Gasteiger charge is 2.31. The molecule has 0 aliphatic heterocycles. The van der Waals surface area contributed by atoms with Gasteiger partial charge in [0, 0.05) is 17.9 Å². The standard InChI is InChI=1S/C28H32N2O5/c1-17(2)25(15-26(31)32)30-27(33)18-8-7-9-19(14-18)29-28(34)35-16-24-22-12-5-3-10-20(22)21-11-4-6-13-23(21)24/h3-7,9-13,17-19,24-25H,8,14-16H2,1-2H3,(H,29,34)(H,30,33)(H,31,32)/t18?,19?,25-/m1/s1. The number of hydrogen-bond donors (Lipinski definition) is 3. The quantitative estimate of drug-likeness (QED) is 0.488. The van der Waals surface area contributed by atoms with E-state index in [1.54, 1.807) is 0 Å². The second-order valence-corrected chi connectivity index (χ2v) is 9.63. The summed E-state index contributed by atoms with van der Waals surface area (Å²) in [5.41, 5.74) is 4.64. The predicted octanol–water partition coefficient (Wildman–Crippen LogP) is 4.48. The molecule has 0 heterocycles. The van der Waals surface area contributed by atoms with Gasteiger partial charge in [-0.15, -0.1) is 0 Å². The lowest BCUT2D eigenvalue weighted by atomic mass is 9.89. The SMILES string of the molecule is CC(C)[C@@H](CC(=O)O)NC(=O)C1CC=CC(NC(=O)OCC2c3ccccc3-c3ccccc32)C1. The fraction of sp³-hybridized carbons (Fsp3) is 0.393. The number of ether oxygens (including phenoxy) is 1. The Hall–Kier alpha value is -3.61. The number of fused-ring (bicyclic) bond motifs is 3. The van der Waals surface area contributed by atoms with Crippen LogP contribution in [0.1, 0.15) is 50.2 Å². The summed E-state index contributed by atoms with van der Waals surface area (Å²) in [5.74, 6) is -1.48. The van der Waals surface area contributed by atoms with Gasteiger partial charge in [-0.1, -0.05) is 74.5 Å². The average Bonchev–Trinajstić information content (AvgIpc) is 3.16. The highest BCUT2D eigenvalue weighted by atomic mass is 16.5. The van der Waals surface area contributed by atoms with Gasteiger partial charge >= 0.3 is 12.1 Å². The largest absolute Gasteiger partial charge is 0.481 e. The van der Waals surface area contributed by atoms with E-state index in [-0.39, 0.29) is 42.7 Å². The Kier molecular flexibility index (Phi) is 7.54. The number of aliphatic carboxylic acids is 1. The minimum absolute atomic E-state index is 0.00364. The maximum Gasteiger partial charge on any atom is 0.407 e. The number of carboxylic acids is 1. The molecule has 7 heteroatoms. The van der Waals surface area contributed by atoms with E-state index in [4.69, 9.17) is 9.84 Å². The minimum Gasteiger partial charge on any atom is -0.481 e. The molecule has 3 atom stereocenters. The Bertz CT molecular complexity index is 1080. The van der Waals surface area contributed by atoms with Crippen molar-refractivity contribution in [3.8, 4) is 11.1 Å². The number of amides is 2. The lowest BCUT2D eigenvalue weighted by Crippen LogP contribution is -2.45. The summed E-state index contributed by atoms with van der Waals surface area (Å²) < 4.78 is 5.63. The van der Waals surface area contributed by atoms with Gasteiger partial charge in [-0.2, -0.15) is 0 Å². The van der Waals surface area contributed by atoms with E-state index in [1.807, 2.05) is 50.3 Å². The molecule has 3 N–H and O–H groups in total. The summed E-state index contributed by atoms with van der Waals surface area (Å²) in [6, 6.07) is 15.6. The van der Waals surface area contributed by atoms with Crippen LogP contribution in [0.2, 0.25) is 0 Å². The van der Waals surface area contributed by atoms with Crippen molar-refractivity contribution < 1.29 is 24.2 Å². The van der Waals surface area contributed by atoms with Crippen molar-refractivity contribution >= 4 is 18.0 Å². The number of nitrogens with one attached hydrogen (secondary N) is 2. The van der Waals surface area contributed by atoms with Gasteiger partial charge in [0.2, 0.25) is 5.91 Å². The third-order valence-electron chi connectivity index (χ3n) is 6.87. The fourth-order valence-corrected chi connectivity index (χ4v) is 4.94. The van der Waals surface area contributed by atoms with Crippen LogP contribution in [-0.2, 0) is 14.3 Å². The lowest BCUT2D eigenvalue weighted by molar-refractivity contribution is -0.138. The first-order valence-corrected chi connectivity index (χ1v) is 12.1. The molecular formula is C28H32N2O5. The summed E-state index contributed by atoms with van der Waals surface area (Å²) >= 11 is 0. The van der Waals surface area contributed by atoms with Crippen LogP contribution in [0, 0.1) is 11.8 Å². The third kappa shape index (κ3) is 5.73. The zero-order valence-electron chi connectivity index (χ0n) is 20.1. The molecule has 2 aliphatic carbocycles. The van der Waals surface area contributed by atoms with Gasteiger partial charge in [0.1, 0.15) is 6.61 Å². The van der Waals surface area contributed by atoms with Crippen molar-refractivity contribution in [2.45, 2.75) is 51.1 Å². The first-order valence-electron chi connectivity index (χ1n) is 12.1. The zero-order chi connectivity index (χ0) is 24.9. The summed E-state index contributed by atoms with van der Waals surface area (Å²) in [6.45, 7) is 4.00. The molecule has 0 spiro atoms. The second-order valence-electron chi connectivity index (χ2n) is 9.63. The van der Waals surface area contributed by atoms with E-state index >= 15 is 0 Å². The number of rotatable bonds is 8. The van der Waals surface area contributed by atoms with Crippen LogP contribution in [0.15, 0.2) is 60.7 Å². The van der Waals surface area contributed by atoms with E-state index < -0.39 is 18.1 Å². The molecule has 2 amide bonds. The van der Waals surface area contributed by atoms with E-state index in [1.165, 1.54) is 11.1 Å². The summed E-state index contributed by atoms with van der Waals surface area (Å²) in [7, 11) is 0. The van der Waals surface area contributed by atoms with Crippen LogP contribution >= 0.6 is 0 Å².